The van der Waals surface area contributed by atoms with Gasteiger partial charge in [-0.15, -0.1) is 0 Å². The highest BCUT2D eigenvalue weighted by Crippen LogP contribution is 2.27. The maximum atomic E-state index is 11.0. The van der Waals surface area contributed by atoms with Crippen molar-refractivity contribution in [1.82, 2.24) is 0 Å². The number of hydrogen-bond donors (Lipinski definition) is 3. The minimum Gasteiger partial charge on any atom is -0.478 e. The predicted molar refractivity (Wildman–Crippen MR) is 55.3 cm³/mol. The van der Waals surface area contributed by atoms with Gasteiger partial charge in [0.05, 0.1) is 0 Å². The first kappa shape index (κ1) is 12.5. The molecule has 0 fully saturated rings. The van der Waals surface area contributed by atoms with Gasteiger partial charge >= 0.3 is 18.0 Å². The lowest BCUT2D eigenvalue weighted by atomic mass is 10.0. The van der Waals surface area contributed by atoms with E-state index in [4.69, 9.17) is 15.9 Å². The van der Waals surface area contributed by atoms with Crippen molar-refractivity contribution in [2.24, 2.45) is 5.73 Å². The van der Waals surface area contributed by atoms with Crippen molar-refractivity contribution in [3.05, 3.63) is 28.8 Å². The number of carbonyl (C=O) groups excluding carboxylic acids is 1. The van der Waals surface area contributed by atoms with Crippen LogP contribution in [0.4, 0.5) is 4.79 Å². The van der Waals surface area contributed by atoms with Crippen LogP contribution in [0.25, 0.3) is 0 Å². The summed E-state index contributed by atoms with van der Waals surface area (Å²) < 4.78 is 4.46. The Balaban J connectivity index is 3.55. The van der Waals surface area contributed by atoms with Gasteiger partial charge in [0.15, 0.2) is 5.75 Å². The summed E-state index contributed by atoms with van der Waals surface area (Å²) in [5.41, 5.74) is 4.19. The minimum absolute atomic E-state index is 0.263. The molecule has 0 aliphatic rings. The fourth-order valence-electron chi connectivity index (χ4n) is 1.32. The SMILES string of the molecule is Cc1ccc(C(=O)O)c(OC(N)=O)c1C(=O)O. The van der Waals surface area contributed by atoms with Crippen LogP contribution in [-0.4, -0.2) is 28.2 Å². The van der Waals surface area contributed by atoms with Gasteiger partial charge in [-0.1, -0.05) is 6.07 Å². The van der Waals surface area contributed by atoms with Crippen molar-refractivity contribution in [1.29, 1.82) is 0 Å². The number of amides is 1. The van der Waals surface area contributed by atoms with E-state index in [0.29, 0.717) is 0 Å². The van der Waals surface area contributed by atoms with Crippen LogP contribution in [0, 0.1) is 6.92 Å². The van der Waals surface area contributed by atoms with Gasteiger partial charge in [-0.2, -0.15) is 0 Å². The van der Waals surface area contributed by atoms with Crippen molar-refractivity contribution in [2.75, 3.05) is 0 Å². The Morgan fingerprint density at radius 2 is 1.76 bits per heavy atom. The number of nitrogens with two attached hydrogens (primary N) is 1. The molecule has 0 saturated carbocycles. The molecule has 0 heterocycles. The Morgan fingerprint density at radius 1 is 1.18 bits per heavy atom. The molecule has 0 aliphatic heterocycles. The summed E-state index contributed by atoms with van der Waals surface area (Å²) in [5.74, 6) is -3.37. The Labute approximate surface area is 95.4 Å². The van der Waals surface area contributed by atoms with E-state index >= 15 is 0 Å². The summed E-state index contributed by atoms with van der Waals surface area (Å²) in [6.45, 7) is 1.45. The van der Waals surface area contributed by atoms with Crippen LogP contribution in [-0.2, 0) is 0 Å². The third-order valence-corrected chi connectivity index (χ3v) is 2.01. The second-order valence-corrected chi connectivity index (χ2v) is 3.17. The van der Waals surface area contributed by atoms with Gasteiger partial charge < -0.3 is 20.7 Å². The lowest BCUT2D eigenvalue weighted by molar-refractivity contribution is 0.0692. The first-order valence-electron chi connectivity index (χ1n) is 4.42. The summed E-state index contributed by atoms with van der Waals surface area (Å²) in [5, 5.41) is 17.8. The summed E-state index contributed by atoms with van der Waals surface area (Å²) in [6, 6.07) is 2.45. The maximum Gasteiger partial charge on any atom is 0.410 e. The average molecular weight is 239 g/mol. The van der Waals surface area contributed by atoms with Gasteiger partial charge in [0, 0.05) is 0 Å². The van der Waals surface area contributed by atoms with Gasteiger partial charge in [0.25, 0.3) is 0 Å². The molecule has 0 unspecified atom stereocenters. The zero-order chi connectivity index (χ0) is 13.2. The first-order chi connectivity index (χ1) is 7.84. The van der Waals surface area contributed by atoms with E-state index in [9.17, 15) is 14.4 Å². The second-order valence-electron chi connectivity index (χ2n) is 3.17. The van der Waals surface area contributed by atoms with Crippen LogP contribution < -0.4 is 10.5 Å². The predicted octanol–water partition coefficient (Wildman–Crippen LogP) is 0.849. The summed E-state index contributed by atoms with van der Waals surface area (Å²) in [6.07, 6.45) is -1.28. The molecular formula is C10H9NO6. The molecule has 0 spiro atoms. The van der Waals surface area contributed by atoms with Crippen molar-refractivity contribution >= 4 is 18.0 Å². The second kappa shape index (κ2) is 4.52. The zero-order valence-corrected chi connectivity index (χ0v) is 8.76. The third-order valence-electron chi connectivity index (χ3n) is 2.01. The van der Waals surface area contributed by atoms with E-state index in [1.54, 1.807) is 0 Å². The number of hydrogen-bond acceptors (Lipinski definition) is 4. The largest absolute Gasteiger partial charge is 0.478 e. The van der Waals surface area contributed by atoms with Crippen LogP contribution in [0.2, 0.25) is 0 Å². The number of carbonyl (C=O) groups is 3. The molecule has 4 N–H and O–H groups in total. The van der Waals surface area contributed by atoms with E-state index < -0.39 is 34.9 Å². The van der Waals surface area contributed by atoms with Crippen molar-refractivity contribution in [3.63, 3.8) is 0 Å². The van der Waals surface area contributed by atoms with E-state index in [2.05, 4.69) is 4.74 Å². The third kappa shape index (κ3) is 2.51. The van der Waals surface area contributed by atoms with Gasteiger partial charge in [0.2, 0.25) is 0 Å². The number of benzene rings is 1. The lowest BCUT2D eigenvalue weighted by Crippen LogP contribution is -2.20. The summed E-state index contributed by atoms with van der Waals surface area (Å²) in [7, 11) is 0. The molecular weight excluding hydrogens is 230 g/mol. The normalized spacial score (nSPS) is 9.71. The number of primary amides is 1. The van der Waals surface area contributed by atoms with Gasteiger partial charge in [0.1, 0.15) is 11.1 Å². The molecule has 1 rings (SSSR count). The molecule has 7 nitrogen and oxygen atoms in total. The fraction of sp³-hybridized carbons (Fsp3) is 0.100. The Kier molecular flexibility index (Phi) is 3.32. The molecule has 1 aromatic carbocycles. The minimum atomic E-state index is -1.41. The van der Waals surface area contributed by atoms with Crippen molar-refractivity contribution < 1.29 is 29.3 Å². The van der Waals surface area contributed by atoms with Gasteiger partial charge in [-0.25, -0.2) is 14.4 Å². The lowest BCUT2D eigenvalue weighted by Gasteiger charge is -2.10. The topological polar surface area (TPSA) is 127 Å². The molecule has 7 heteroatoms. The fourth-order valence-corrected chi connectivity index (χ4v) is 1.32. The maximum absolute atomic E-state index is 11.0. The molecule has 0 radical (unpaired) electrons. The van der Waals surface area contributed by atoms with Crippen LogP contribution in [0.1, 0.15) is 26.3 Å². The summed E-state index contributed by atoms with van der Waals surface area (Å²) in [4.78, 5) is 32.5. The number of carboxylic acid groups (broad SMARTS) is 2. The molecule has 0 aromatic heterocycles. The molecule has 1 aromatic rings. The Morgan fingerprint density at radius 3 is 2.18 bits per heavy atom. The van der Waals surface area contributed by atoms with Crippen LogP contribution in [0.3, 0.4) is 0 Å². The number of ether oxygens (including phenoxy) is 1. The zero-order valence-electron chi connectivity index (χ0n) is 8.76. The van der Waals surface area contributed by atoms with Crippen molar-refractivity contribution in [3.8, 4) is 5.75 Å². The van der Waals surface area contributed by atoms with Gasteiger partial charge in [-0.3, -0.25) is 0 Å². The Bertz CT molecular complexity index is 508. The quantitative estimate of drug-likeness (QED) is 0.717. The molecule has 0 atom stereocenters. The van der Waals surface area contributed by atoms with Gasteiger partial charge in [-0.05, 0) is 18.6 Å². The van der Waals surface area contributed by atoms with Crippen LogP contribution >= 0.6 is 0 Å². The molecule has 0 saturated heterocycles. The number of aryl methyl sites for hydroxylation is 1. The number of rotatable bonds is 3. The molecule has 1 amide bonds. The first-order valence-corrected chi connectivity index (χ1v) is 4.42. The van der Waals surface area contributed by atoms with E-state index in [1.807, 2.05) is 0 Å². The Hall–Kier alpha value is -2.57. The van der Waals surface area contributed by atoms with E-state index in [1.165, 1.54) is 13.0 Å². The molecule has 0 bridgehead atoms. The molecule has 17 heavy (non-hydrogen) atoms. The number of aromatic carboxylic acids is 2. The van der Waals surface area contributed by atoms with Crippen LogP contribution in [0.15, 0.2) is 12.1 Å². The standard InChI is InChI=1S/C10H9NO6/c1-4-2-3-5(8(12)13)7(17-10(11)16)6(4)9(14)15/h2-3H,1H3,(H2,11,16)(H,12,13)(H,14,15). The smallest absolute Gasteiger partial charge is 0.410 e. The van der Waals surface area contributed by atoms with E-state index in [-0.39, 0.29) is 5.56 Å². The average Bonchev–Trinajstić information content (AvgIpc) is 2.15. The van der Waals surface area contributed by atoms with E-state index in [0.717, 1.165) is 6.07 Å². The molecule has 0 aliphatic carbocycles. The highest BCUT2D eigenvalue weighted by atomic mass is 16.5. The number of carboxylic acids is 2. The van der Waals surface area contributed by atoms with Crippen LogP contribution in [0.5, 0.6) is 5.75 Å². The molecule has 90 valence electrons. The monoisotopic (exact) mass is 239 g/mol. The van der Waals surface area contributed by atoms with Crippen molar-refractivity contribution in [2.45, 2.75) is 6.92 Å². The highest BCUT2D eigenvalue weighted by Gasteiger charge is 2.23. The highest BCUT2D eigenvalue weighted by molar-refractivity contribution is 6.00. The summed E-state index contributed by atoms with van der Waals surface area (Å²) >= 11 is 0.